The maximum absolute atomic E-state index is 12.9. The van der Waals surface area contributed by atoms with E-state index in [1.54, 1.807) is 0 Å². The Hall–Kier alpha value is -0.850. The molecule has 7 heteroatoms. The summed E-state index contributed by atoms with van der Waals surface area (Å²) in [4.78, 5) is 29.4. The molecule has 0 bridgehead atoms. The van der Waals surface area contributed by atoms with Gasteiger partial charge in [-0.2, -0.15) is 0 Å². The van der Waals surface area contributed by atoms with E-state index < -0.39 is 0 Å². The van der Waals surface area contributed by atoms with Crippen LogP contribution in [0.3, 0.4) is 0 Å². The molecule has 0 radical (unpaired) electrons. The van der Waals surface area contributed by atoms with Gasteiger partial charge in [-0.1, -0.05) is 6.92 Å². The van der Waals surface area contributed by atoms with Crippen LogP contribution in [0.5, 0.6) is 0 Å². The monoisotopic (exact) mass is 400 g/mol. The molecule has 0 aromatic heterocycles. The maximum Gasteiger partial charge on any atom is 0.239 e. The second kappa shape index (κ2) is 10.6. The lowest BCUT2D eigenvalue weighted by atomic mass is 9.95. The van der Waals surface area contributed by atoms with E-state index in [9.17, 15) is 9.59 Å². The number of carbonyl (C=O) groups is 2. The number of nitrogens with zero attached hydrogens (tertiary/aromatic N) is 2. The van der Waals surface area contributed by atoms with Crippen molar-refractivity contribution in [2.75, 3.05) is 39.3 Å². The van der Waals surface area contributed by atoms with Gasteiger partial charge in [0.1, 0.15) is 0 Å². The van der Waals surface area contributed by atoms with Gasteiger partial charge < -0.3 is 15.5 Å². The van der Waals surface area contributed by atoms with Crippen LogP contribution in [0.1, 0.15) is 52.4 Å². The van der Waals surface area contributed by atoms with Gasteiger partial charge in [0.15, 0.2) is 0 Å². The predicted molar refractivity (Wildman–Crippen MR) is 110 cm³/mol. The van der Waals surface area contributed by atoms with Gasteiger partial charge in [-0.3, -0.25) is 14.5 Å². The van der Waals surface area contributed by atoms with Crippen molar-refractivity contribution in [3.05, 3.63) is 0 Å². The van der Waals surface area contributed by atoms with E-state index in [1.807, 2.05) is 0 Å². The summed E-state index contributed by atoms with van der Waals surface area (Å²) < 4.78 is 0. The highest BCUT2D eigenvalue weighted by atomic mass is 35.5. The summed E-state index contributed by atoms with van der Waals surface area (Å²) in [6.07, 6.45) is 6.53. The molecule has 3 heterocycles. The minimum atomic E-state index is -0.0431. The summed E-state index contributed by atoms with van der Waals surface area (Å²) >= 11 is 0. The maximum atomic E-state index is 12.9. The van der Waals surface area contributed by atoms with E-state index in [-0.39, 0.29) is 36.3 Å². The van der Waals surface area contributed by atoms with Crippen LogP contribution in [0.25, 0.3) is 0 Å². The van der Waals surface area contributed by atoms with E-state index >= 15 is 0 Å². The first kappa shape index (κ1) is 22.4. The fourth-order valence-electron chi connectivity index (χ4n) is 4.54. The molecule has 27 heavy (non-hydrogen) atoms. The van der Waals surface area contributed by atoms with Crippen LogP contribution < -0.4 is 10.6 Å². The van der Waals surface area contributed by atoms with Crippen molar-refractivity contribution >= 4 is 24.2 Å². The van der Waals surface area contributed by atoms with E-state index in [0.29, 0.717) is 5.92 Å². The summed E-state index contributed by atoms with van der Waals surface area (Å²) in [6, 6.07) is -0.0462. The second-order valence-corrected chi connectivity index (χ2v) is 8.58. The molecule has 2 N–H and O–H groups in total. The number of piperidine rings is 2. The van der Waals surface area contributed by atoms with Crippen molar-refractivity contribution in [1.29, 1.82) is 0 Å². The minimum Gasteiger partial charge on any atom is -0.354 e. The third-order valence-electron chi connectivity index (χ3n) is 6.49. The Kier molecular flexibility index (Phi) is 8.83. The van der Waals surface area contributed by atoms with E-state index in [4.69, 9.17) is 0 Å². The molecule has 3 fully saturated rings. The molecular weight excluding hydrogens is 364 g/mol. The van der Waals surface area contributed by atoms with Crippen molar-refractivity contribution in [2.45, 2.75) is 64.5 Å². The molecule has 6 nitrogen and oxygen atoms in total. The van der Waals surface area contributed by atoms with E-state index in [0.717, 1.165) is 83.7 Å². The summed E-state index contributed by atoms with van der Waals surface area (Å²) in [7, 11) is 0. The summed E-state index contributed by atoms with van der Waals surface area (Å²) in [6.45, 7) is 9.74. The molecule has 0 saturated carbocycles. The smallest absolute Gasteiger partial charge is 0.239 e. The zero-order chi connectivity index (χ0) is 18.5. The SMILES string of the molecule is CC1CCN(C(=O)C(C)N2CCCC(CNC(=O)C3CCCN3)C2)CC1.Cl. The number of rotatable bonds is 5. The quantitative estimate of drug-likeness (QED) is 0.736. The van der Waals surface area contributed by atoms with Crippen molar-refractivity contribution in [1.82, 2.24) is 20.4 Å². The molecule has 3 aliphatic rings. The predicted octanol–water partition coefficient (Wildman–Crippen LogP) is 1.64. The minimum absolute atomic E-state index is 0. The first-order valence-electron chi connectivity index (χ1n) is 10.6. The number of amides is 2. The number of hydrogen-bond acceptors (Lipinski definition) is 4. The molecule has 3 aliphatic heterocycles. The first-order valence-corrected chi connectivity index (χ1v) is 10.6. The van der Waals surface area contributed by atoms with Crippen molar-refractivity contribution in [2.24, 2.45) is 11.8 Å². The highest BCUT2D eigenvalue weighted by Gasteiger charge is 2.31. The Morgan fingerprint density at radius 3 is 2.52 bits per heavy atom. The summed E-state index contributed by atoms with van der Waals surface area (Å²) in [5.41, 5.74) is 0. The van der Waals surface area contributed by atoms with Crippen LogP contribution >= 0.6 is 12.4 Å². The lowest BCUT2D eigenvalue weighted by Crippen LogP contribution is -2.53. The van der Waals surface area contributed by atoms with E-state index in [2.05, 4.69) is 34.3 Å². The van der Waals surface area contributed by atoms with Gasteiger partial charge in [0.2, 0.25) is 11.8 Å². The lowest BCUT2D eigenvalue weighted by molar-refractivity contribution is -0.138. The van der Waals surface area contributed by atoms with Crippen LogP contribution in [-0.4, -0.2) is 73.0 Å². The molecule has 0 aromatic rings. The normalized spacial score (nSPS) is 28.4. The Bertz CT molecular complexity index is 490. The van der Waals surface area contributed by atoms with Gasteiger partial charge >= 0.3 is 0 Å². The van der Waals surface area contributed by atoms with Gasteiger partial charge in [-0.25, -0.2) is 0 Å². The molecule has 2 amide bonds. The molecule has 0 aromatic carbocycles. The summed E-state index contributed by atoms with van der Waals surface area (Å²) in [5.74, 6) is 1.63. The van der Waals surface area contributed by atoms with Crippen molar-refractivity contribution < 1.29 is 9.59 Å². The molecule has 3 rings (SSSR count). The first-order chi connectivity index (χ1) is 12.5. The Labute approximate surface area is 170 Å². The van der Waals surface area contributed by atoms with Gasteiger partial charge in [0.05, 0.1) is 12.1 Å². The molecule has 3 unspecified atom stereocenters. The average Bonchev–Trinajstić information content (AvgIpc) is 3.21. The van der Waals surface area contributed by atoms with Gasteiger partial charge in [0, 0.05) is 26.2 Å². The molecule has 3 atom stereocenters. The van der Waals surface area contributed by atoms with Crippen LogP contribution in [0.2, 0.25) is 0 Å². The zero-order valence-electron chi connectivity index (χ0n) is 16.9. The molecule has 0 spiro atoms. The Balaban J connectivity index is 0.00000261. The molecule has 0 aliphatic carbocycles. The topological polar surface area (TPSA) is 64.7 Å². The second-order valence-electron chi connectivity index (χ2n) is 8.58. The van der Waals surface area contributed by atoms with Gasteiger partial charge in [-0.05, 0) is 70.4 Å². The molecule has 3 saturated heterocycles. The average molecular weight is 401 g/mol. The van der Waals surface area contributed by atoms with Crippen LogP contribution in [0, 0.1) is 11.8 Å². The largest absolute Gasteiger partial charge is 0.354 e. The fourth-order valence-corrected chi connectivity index (χ4v) is 4.54. The Morgan fingerprint density at radius 2 is 1.85 bits per heavy atom. The Morgan fingerprint density at radius 1 is 1.11 bits per heavy atom. The number of halogens is 1. The third kappa shape index (κ3) is 6.06. The number of likely N-dealkylation sites (tertiary alicyclic amines) is 2. The third-order valence-corrected chi connectivity index (χ3v) is 6.49. The molecule has 156 valence electrons. The highest BCUT2D eigenvalue weighted by Crippen LogP contribution is 2.21. The fraction of sp³-hybridized carbons (Fsp3) is 0.900. The number of hydrogen-bond donors (Lipinski definition) is 2. The van der Waals surface area contributed by atoms with Crippen molar-refractivity contribution in [3.63, 3.8) is 0 Å². The van der Waals surface area contributed by atoms with Gasteiger partial charge in [0.25, 0.3) is 0 Å². The van der Waals surface area contributed by atoms with Crippen LogP contribution in [0.4, 0.5) is 0 Å². The highest BCUT2D eigenvalue weighted by molar-refractivity contribution is 5.85. The number of carbonyl (C=O) groups excluding carboxylic acids is 2. The lowest BCUT2D eigenvalue weighted by Gasteiger charge is -2.39. The zero-order valence-corrected chi connectivity index (χ0v) is 17.7. The van der Waals surface area contributed by atoms with Crippen LogP contribution in [-0.2, 0) is 9.59 Å². The van der Waals surface area contributed by atoms with Crippen LogP contribution in [0.15, 0.2) is 0 Å². The van der Waals surface area contributed by atoms with Crippen molar-refractivity contribution in [3.8, 4) is 0 Å². The molecular formula is C20H37ClN4O2. The van der Waals surface area contributed by atoms with Gasteiger partial charge in [-0.15, -0.1) is 12.4 Å². The summed E-state index contributed by atoms with van der Waals surface area (Å²) in [5, 5.41) is 6.38. The number of nitrogens with one attached hydrogen (secondary N) is 2. The van der Waals surface area contributed by atoms with E-state index in [1.165, 1.54) is 0 Å². The standard InChI is InChI=1S/C20H36N4O2.ClH/c1-15-7-11-23(12-8-15)20(26)16(2)24-10-4-5-17(14-24)13-22-19(25)18-6-3-9-21-18;/h15-18,21H,3-14H2,1-2H3,(H,22,25);1H.